The average molecular weight is 262 g/mol. The SMILES string of the molecule is Cc1cc(C)cc(N2CCCN(C)C(CCO)C2)c1. The molecule has 1 unspecified atom stereocenters. The average Bonchev–Trinajstić information content (AvgIpc) is 2.52. The van der Waals surface area contributed by atoms with E-state index in [0.717, 1.165) is 26.1 Å². The molecule has 0 aliphatic carbocycles. The third-order valence-corrected chi connectivity index (χ3v) is 4.03. The lowest BCUT2D eigenvalue weighted by molar-refractivity contribution is 0.196. The monoisotopic (exact) mass is 262 g/mol. The van der Waals surface area contributed by atoms with Crippen LogP contribution >= 0.6 is 0 Å². The Hall–Kier alpha value is -1.06. The van der Waals surface area contributed by atoms with Gasteiger partial charge in [-0.3, -0.25) is 0 Å². The van der Waals surface area contributed by atoms with Crippen LogP contribution in [0.3, 0.4) is 0 Å². The molecule has 1 fully saturated rings. The fourth-order valence-corrected chi connectivity index (χ4v) is 3.01. The van der Waals surface area contributed by atoms with Gasteiger partial charge in [-0.25, -0.2) is 0 Å². The van der Waals surface area contributed by atoms with Gasteiger partial charge in [-0.05, 0) is 63.5 Å². The van der Waals surface area contributed by atoms with Crippen LogP contribution in [0.5, 0.6) is 0 Å². The van der Waals surface area contributed by atoms with Gasteiger partial charge in [-0.15, -0.1) is 0 Å². The van der Waals surface area contributed by atoms with Crippen molar-refractivity contribution in [3.8, 4) is 0 Å². The van der Waals surface area contributed by atoms with Crippen LogP contribution in [0.4, 0.5) is 5.69 Å². The molecule has 1 aromatic carbocycles. The van der Waals surface area contributed by atoms with Gasteiger partial charge in [0, 0.05) is 31.4 Å². The minimum Gasteiger partial charge on any atom is -0.396 e. The number of hydrogen-bond acceptors (Lipinski definition) is 3. The summed E-state index contributed by atoms with van der Waals surface area (Å²) in [4.78, 5) is 4.86. The van der Waals surface area contributed by atoms with E-state index in [9.17, 15) is 5.11 Å². The molecule has 3 heteroatoms. The van der Waals surface area contributed by atoms with Gasteiger partial charge in [0.05, 0.1) is 0 Å². The minimum atomic E-state index is 0.274. The zero-order chi connectivity index (χ0) is 13.8. The van der Waals surface area contributed by atoms with E-state index in [1.807, 2.05) is 0 Å². The maximum atomic E-state index is 9.23. The molecule has 1 heterocycles. The first-order valence-electron chi connectivity index (χ1n) is 7.24. The van der Waals surface area contributed by atoms with Crippen LogP contribution in [-0.2, 0) is 0 Å². The largest absolute Gasteiger partial charge is 0.396 e. The number of aliphatic hydroxyl groups excluding tert-OH is 1. The number of aliphatic hydroxyl groups is 1. The van der Waals surface area contributed by atoms with Crippen molar-refractivity contribution < 1.29 is 5.11 Å². The second kappa shape index (κ2) is 6.40. The Balaban J connectivity index is 2.18. The van der Waals surface area contributed by atoms with Crippen molar-refractivity contribution in [2.24, 2.45) is 0 Å². The molecular formula is C16H26N2O. The summed E-state index contributed by atoms with van der Waals surface area (Å²) >= 11 is 0. The van der Waals surface area contributed by atoms with E-state index >= 15 is 0 Å². The highest BCUT2D eigenvalue weighted by Crippen LogP contribution is 2.22. The van der Waals surface area contributed by atoms with Gasteiger partial charge < -0.3 is 14.9 Å². The number of rotatable bonds is 3. The summed E-state index contributed by atoms with van der Waals surface area (Å²) in [7, 11) is 2.17. The molecule has 0 aromatic heterocycles. The summed E-state index contributed by atoms with van der Waals surface area (Å²) in [5, 5.41) is 9.23. The lowest BCUT2D eigenvalue weighted by atomic mass is 10.1. The fraction of sp³-hybridized carbons (Fsp3) is 0.625. The molecule has 1 atom stereocenters. The Morgan fingerprint density at radius 3 is 2.47 bits per heavy atom. The first-order chi connectivity index (χ1) is 9.10. The molecule has 2 rings (SSSR count). The highest BCUT2D eigenvalue weighted by atomic mass is 16.3. The van der Waals surface area contributed by atoms with Crippen molar-refractivity contribution in [2.45, 2.75) is 32.7 Å². The van der Waals surface area contributed by atoms with Gasteiger partial charge in [-0.2, -0.15) is 0 Å². The van der Waals surface area contributed by atoms with Crippen LogP contribution < -0.4 is 4.90 Å². The molecule has 1 saturated heterocycles. The predicted molar refractivity (Wildman–Crippen MR) is 80.9 cm³/mol. The van der Waals surface area contributed by atoms with Crippen LogP contribution in [0.1, 0.15) is 24.0 Å². The molecule has 0 spiro atoms. The van der Waals surface area contributed by atoms with Gasteiger partial charge in [0.15, 0.2) is 0 Å². The van der Waals surface area contributed by atoms with E-state index < -0.39 is 0 Å². The van der Waals surface area contributed by atoms with E-state index in [1.165, 1.54) is 23.2 Å². The second-order valence-corrected chi connectivity index (χ2v) is 5.79. The Morgan fingerprint density at radius 2 is 1.84 bits per heavy atom. The minimum absolute atomic E-state index is 0.274. The zero-order valence-corrected chi connectivity index (χ0v) is 12.4. The van der Waals surface area contributed by atoms with Gasteiger partial charge >= 0.3 is 0 Å². The van der Waals surface area contributed by atoms with E-state index in [4.69, 9.17) is 0 Å². The standard InChI is InChI=1S/C16H26N2O/c1-13-9-14(2)11-16(10-13)18-7-4-6-17(3)15(12-18)5-8-19/h9-11,15,19H,4-8,12H2,1-3H3. The topological polar surface area (TPSA) is 26.7 Å². The molecule has 0 amide bonds. The van der Waals surface area contributed by atoms with Crippen molar-refractivity contribution in [3.05, 3.63) is 29.3 Å². The predicted octanol–water partition coefficient (Wildman–Crippen LogP) is 2.20. The zero-order valence-electron chi connectivity index (χ0n) is 12.4. The lowest BCUT2D eigenvalue weighted by Gasteiger charge is -2.30. The summed E-state index contributed by atoms with van der Waals surface area (Å²) in [5.74, 6) is 0. The normalized spacial score (nSPS) is 21.5. The molecule has 19 heavy (non-hydrogen) atoms. The molecule has 0 bridgehead atoms. The molecule has 0 saturated carbocycles. The van der Waals surface area contributed by atoms with Gasteiger partial charge in [0.25, 0.3) is 0 Å². The highest BCUT2D eigenvalue weighted by Gasteiger charge is 2.22. The number of aryl methyl sites for hydroxylation is 2. The summed E-state index contributed by atoms with van der Waals surface area (Å²) in [6.45, 7) is 7.83. The molecule has 1 aliphatic heterocycles. The van der Waals surface area contributed by atoms with Crippen molar-refractivity contribution in [3.63, 3.8) is 0 Å². The summed E-state index contributed by atoms with van der Waals surface area (Å²) in [6.07, 6.45) is 2.04. The number of anilines is 1. The summed E-state index contributed by atoms with van der Waals surface area (Å²) in [5.41, 5.74) is 3.98. The van der Waals surface area contributed by atoms with E-state index in [0.29, 0.717) is 6.04 Å². The lowest BCUT2D eigenvalue weighted by Crippen LogP contribution is -2.39. The Morgan fingerprint density at radius 1 is 1.16 bits per heavy atom. The van der Waals surface area contributed by atoms with E-state index in [1.54, 1.807) is 0 Å². The Labute approximate surface area is 116 Å². The Kier molecular flexibility index (Phi) is 4.83. The molecule has 1 aromatic rings. The van der Waals surface area contributed by atoms with Crippen LogP contribution in [-0.4, -0.2) is 49.3 Å². The maximum absolute atomic E-state index is 9.23. The molecule has 106 valence electrons. The second-order valence-electron chi connectivity index (χ2n) is 5.79. The van der Waals surface area contributed by atoms with Gasteiger partial charge in [-0.1, -0.05) is 6.07 Å². The first kappa shape index (κ1) is 14.4. The number of nitrogens with zero attached hydrogens (tertiary/aromatic N) is 2. The number of benzene rings is 1. The molecule has 0 radical (unpaired) electrons. The smallest absolute Gasteiger partial charge is 0.0446 e. The first-order valence-corrected chi connectivity index (χ1v) is 7.24. The fourth-order valence-electron chi connectivity index (χ4n) is 3.01. The quantitative estimate of drug-likeness (QED) is 0.904. The van der Waals surface area contributed by atoms with Crippen molar-refractivity contribution in [2.75, 3.05) is 38.2 Å². The summed E-state index contributed by atoms with van der Waals surface area (Å²) < 4.78 is 0. The summed E-state index contributed by atoms with van der Waals surface area (Å²) in [6, 6.07) is 7.22. The Bertz CT molecular complexity index is 399. The van der Waals surface area contributed by atoms with Crippen LogP contribution in [0, 0.1) is 13.8 Å². The maximum Gasteiger partial charge on any atom is 0.0446 e. The van der Waals surface area contributed by atoms with Crippen LogP contribution in [0.2, 0.25) is 0 Å². The number of likely N-dealkylation sites (N-methyl/N-ethyl adjacent to an activating group) is 1. The molecule has 3 nitrogen and oxygen atoms in total. The van der Waals surface area contributed by atoms with Crippen molar-refractivity contribution in [1.29, 1.82) is 0 Å². The van der Waals surface area contributed by atoms with E-state index in [-0.39, 0.29) is 6.61 Å². The van der Waals surface area contributed by atoms with Gasteiger partial charge in [0.2, 0.25) is 0 Å². The third kappa shape index (κ3) is 3.71. The van der Waals surface area contributed by atoms with Crippen LogP contribution in [0.25, 0.3) is 0 Å². The molecule has 1 N–H and O–H groups in total. The van der Waals surface area contributed by atoms with Crippen molar-refractivity contribution in [1.82, 2.24) is 4.90 Å². The van der Waals surface area contributed by atoms with Gasteiger partial charge in [0.1, 0.15) is 0 Å². The van der Waals surface area contributed by atoms with E-state index in [2.05, 4.69) is 48.9 Å². The number of hydrogen-bond donors (Lipinski definition) is 1. The third-order valence-electron chi connectivity index (χ3n) is 4.03. The van der Waals surface area contributed by atoms with Crippen molar-refractivity contribution >= 4 is 5.69 Å². The molecular weight excluding hydrogens is 236 g/mol. The molecule has 1 aliphatic rings. The van der Waals surface area contributed by atoms with Crippen LogP contribution in [0.15, 0.2) is 18.2 Å². The highest BCUT2D eigenvalue weighted by molar-refractivity contribution is 5.51.